The van der Waals surface area contributed by atoms with E-state index in [1.54, 1.807) is 0 Å². The Morgan fingerprint density at radius 1 is 1.23 bits per heavy atom. The van der Waals surface area contributed by atoms with Gasteiger partial charge in [-0.3, -0.25) is 0 Å². The third kappa shape index (κ3) is 8.04. The zero-order valence-corrected chi connectivity index (χ0v) is 7.30. The summed E-state index contributed by atoms with van der Waals surface area (Å²) in [7, 11) is 0. The van der Waals surface area contributed by atoms with E-state index in [-0.39, 0.29) is 26.4 Å². The summed E-state index contributed by atoms with van der Waals surface area (Å²) in [6.07, 6.45) is 0. The number of halogens is 2. The zero-order valence-electron chi connectivity index (χ0n) is 7.30. The van der Waals surface area contributed by atoms with Gasteiger partial charge < -0.3 is 20.3 Å². The summed E-state index contributed by atoms with van der Waals surface area (Å²) in [6.45, 7) is -1.05. The minimum absolute atomic E-state index is 0.0766. The normalized spacial score (nSPS) is 12.0. The lowest BCUT2D eigenvalue weighted by Gasteiger charge is -2.13. The molecule has 0 aromatic rings. The van der Waals surface area contributed by atoms with Crippen LogP contribution in [-0.2, 0) is 4.74 Å². The van der Waals surface area contributed by atoms with Crippen LogP contribution in [0.5, 0.6) is 0 Å². The second kappa shape index (κ2) is 7.14. The number of hydrogen-bond acceptors (Lipinski definition) is 4. The molecule has 6 heteroatoms. The van der Waals surface area contributed by atoms with Crippen molar-refractivity contribution >= 4 is 0 Å². The Morgan fingerprint density at radius 2 is 1.92 bits per heavy atom. The molecule has 0 heterocycles. The molecule has 0 radical (unpaired) electrons. The Kier molecular flexibility index (Phi) is 6.97. The summed E-state index contributed by atoms with van der Waals surface area (Å²) < 4.78 is 29.5. The first-order chi connectivity index (χ1) is 6.12. The van der Waals surface area contributed by atoms with Crippen LogP contribution >= 0.6 is 0 Å². The fourth-order valence-corrected chi connectivity index (χ4v) is 0.638. The minimum atomic E-state index is -3.07. The molecule has 0 unspecified atom stereocenters. The SMILES string of the molecule is OCCOCCNCC(F)(F)CO. The third-order valence-corrected chi connectivity index (χ3v) is 1.27. The molecule has 0 aromatic heterocycles. The van der Waals surface area contributed by atoms with Crippen molar-refractivity contribution in [2.75, 3.05) is 39.5 Å². The maximum Gasteiger partial charge on any atom is 0.282 e. The molecule has 13 heavy (non-hydrogen) atoms. The molecule has 0 fully saturated rings. The number of nitrogens with one attached hydrogen (secondary N) is 1. The van der Waals surface area contributed by atoms with Gasteiger partial charge in [0.25, 0.3) is 5.92 Å². The molecule has 0 aliphatic heterocycles. The van der Waals surface area contributed by atoms with Gasteiger partial charge in [-0.05, 0) is 0 Å². The molecule has 80 valence electrons. The average molecular weight is 199 g/mol. The molecule has 0 spiro atoms. The Hall–Kier alpha value is -0.300. The van der Waals surface area contributed by atoms with E-state index >= 15 is 0 Å². The number of aliphatic hydroxyl groups is 2. The summed E-state index contributed by atoms with van der Waals surface area (Å²) in [5, 5.41) is 18.9. The predicted octanol–water partition coefficient (Wildman–Crippen LogP) is -0.787. The van der Waals surface area contributed by atoms with Crippen molar-refractivity contribution in [1.29, 1.82) is 0 Å². The van der Waals surface area contributed by atoms with Gasteiger partial charge in [0, 0.05) is 6.54 Å². The quantitative estimate of drug-likeness (QED) is 0.448. The molecule has 4 nitrogen and oxygen atoms in total. The van der Waals surface area contributed by atoms with Crippen molar-refractivity contribution < 1.29 is 23.7 Å². The highest BCUT2D eigenvalue weighted by Gasteiger charge is 2.26. The predicted molar refractivity (Wildman–Crippen MR) is 42.8 cm³/mol. The average Bonchev–Trinajstić information content (AvgIpc) is 2.11. The number of hydrogen-bond donors (Lipinski definition) is 3. The summed E-state index contributed by atoms with van der Waals surface area (Å²) in [5.74, 6) is -3.07. The van der Waals surface area contributed by atoms with Gasteiger partial charge in [0.2, 0.25) is 0 Å². The molecule has 0 aliphatic rings. The van der Waals surface area contributed by atoms with Crippen molar-refractivity contribution in [2.24, 2.45) is 0 Å². The molecular weight excluding hydrogens is 184 g/mol. The van der Waals surface area contributed by atoms with Crippen LogP contribution in [0.15, 0.2) is 0 Å². The van der Waals surface area contributed by atoms with Gasteiger partial charge in [0.05, 0.1) is 26.4 Å². The monoisotopic (exact) mass is 199 g/mol. The van der Waals surface area contributed by atoms with E-state index in [9.17, 15) is 8.78 Å². The van der Waals surface area contributed by atoms with E-state index in [0.29, 0.717) is 0 Å². The van der Waals surface area contributed by atoms with E-state index in [0.717, 1.165) is 0 Å². The molecule has 0 aliphatic carbocycles. The second-order valence-corrected chi connectivity index (χ2v) is 2.53. The minimum Gasteiger partial charge on any atom is -0.394 e. The van der Waals surface area contributed by atoms with E-state index in [2.05, 4.69) is 5.32 Å². The summed E-state index contributed by atoms with van der Waals surface area (Å²) in [5.41, 5.74) is 0. The Bertz CT molecular complexity index is 124. The van der Waals surface area contributed by atoms with Crippen LogP contribution in [0, 0.1) is 0 Å². The molecule has 0 saturated heterocycles. The van der Waals surface area contributed by atoms with Gasteiger partial charge in [-0.1, -0.05) is 0 Å². The van der Waals surface area contributed by atoms with E-state index in [4.69, 9.17) is 14.9 Å². The highest BCUT2D eigenvalue weighted by molar-refractivity contribution is 4.66. The van der Waals surface area contributed by atoms with E-state index in [1.165, 1.54) is 0 Å². The Balaban J connectivity index is 3.16. The first kappa shape index (κ1) is 12.7. The molecule has 0 bridgehead atoms. The van der Waals surface area contributed by atoms with Gasteiger partial charge in [-0.2, -0.15) is 0 Å². The first-order valence-corrected chi connectivity index (χ1v) is 4.00. The highest BCUT2D eigenvalue weighted by atomic mass is 19.3. The van der Waals surface area contributed by atoms with Crippen LogP contribution in [0.25, 0.3) is 0 Å². The number of ether oxygens (including phenoxy) is 1. The van der Waals surface area contributed by atoms with Crippen LogP contribution in [0.2, 0.25) is 0 Å². The first-order valence-electron chi connectivity index (χ1n) is 4.00. The lowest BCUT2D eigenvalue weighted by Crippen LogP contribution is -2.37. The molecule has 0 amide bonds. The van der Waals surface area contributed by atoms with Crippen LogP contribution < -0.4 is 5.32 Å². The molecule has 0 atom stereocenters. The van der Waals surface area contributed by atoms with Gasteiger partial charge in [0.1, 0.15) is 6.61 Å². The highest BCUT2D eigenvalue weighted by Crippen LogP contribution is 2.09. The molecule has 3 N–H and O–H groups in total. The van der Waals surface area contributed by atoms with Gasteiger partial charge in [-0.25, -0.2) is 8.78 Å². The van der Waals surface area contributed by atoms with E-state index < -0.39 is 19.1 Å². The fourth-order valence-electron chi connectivity index (χ4n) is 0.638. The van der Waals surface area contributed by atoms with Crippen molar-refractivity contribution in [3.8, 4) is 0 Å². The largest absolute Gasteiger partial charge is 0.394 e. The van der Waals surface area contributed by atoms with Crippen LogP contribution in [0.3, 0.4) is 0 Å². The Labute approximate surface area is 75.5 Å². The van der Waals surface area contributed by atoms with Crippen molar-refractivity contribution in [2.45, 2.75) is 5.92 Å². The van der Waals surface area contributed by atoms with Crippen molar-refractivity contribution in [1.82, 2.24) is 5.32 Å². The third-order valence-electron chi connectivity index (χ3n) is 1.27. The number of aliphatic hydroxyl groups excluding tert-OH is 2. The van der Waals surface area contributed by atoms with Gasteiger partial charge >= 0.3 is 0 Å². The number of rotatable bonds is 8. The molecule has 0 aromatic carbocycles. The molecule has 0 rings (SSSR count). The van der Waals surface area contributed by atoms with Gasteiger partial charge in [0.15, 0.2) is 0 Å². The van der Waals surface area contributed by atoms with Crippen molar-refractivity contribution in [3.05, 3.63) is 0 Å². The fraction of sp³-hybridized carbons (Fsp3) is 1.00. The van der Waals surface area contributed by atoms with E-state index in [1.807, 2.05) is 0 Å². The summed E-state index contributed by atoms with van der Waals surface area (Å²) in [6, 6.07) is 0. The molecular formula is C7H15F2NO3. The Morgan fingerprint density at radius 3 is 2.46 bits per heavy atom. The smallest absolute Gasteiger partial charge is 0.282 e. The van der Waals surface area contributed by atoms with Gasteiger partial charge in [-0.15, -0.1) is 0 Å². The maximum atomic E-state index is 12.3. The number of alkyl halides is 2. The second-order valence-electron chi connectivity index (χ2n) is 2.53. The lowest BCUT2D eigenvalue weighted by atomic mass is 10.3. The summed E-state index contributed by atoms with van der Waals surface area (Å²) >= 11 is 0. The zero-order chi connectivity index (χ0) is 10.2. The van der Waals surface area contributed by atoms with Crippen LogP contribution in [-0.4, -0.2) is 55.7 Å². The van der Waals surface area contributed by atoms with Crippen molar-refractivity contribution in [3.63, 3.8) is 0 Å². The van der Waals surface area contributed by atoms with Crippen LogP contribution in [0.1, 0.15) is 0 Å². The molecule has 0 saturated carbocycles. The lowest BCUT2D eigenvalue weighted by molar-refractivity contribution is -0.0484. The summed E-state index contributed by atoms with van der Waals surface area (Å²) in [4.78, 5) is 0. The standard InChI is InChI=1S/C7H15F2NO3/c8-7(9,6-12)5-10-1-3-13-4-2-11/h10-12H,1-6H2. The topological polar surface area (TPSA) is 61.7 Å². The van der Waals surface area contributed by atoms with Crippen LogP contribution in [0.4, 0.5) is 8.78 Å². The maximum absolute atomic E-state index is 12.3.